The Hall–Kier alpha value is -3.61. The van der Waals surface area contributed by atoms with E-state index >= 15 is 0 Å². The summed E-state index contributed by atoms with van der Waals surface area (Å²) in [5.74, 6) is -2.55. The lowest BCUT2D eigenvalue weighted by atomic mass is 9.87. The van der Waals surface area contributed by atoms with E-state index < -0.39 is 23.1 Å². The molecular formula is C26H25F2N3O3S. The Bertz CT molecular complexity index is 1460. The number of ether oxygens (including phenoxy) is 1. The van der Waals surface area contributed by atoms with Gasteiger partial charge in [-0.25, -0.2) is 8.78 Å². The van der Waals surface area contributed by atoms with Crippen LogP contribution in [0.15, 0.2) is 47.3 Å². The Labute approximate surface area is 205 Å². The van der Waals surface area contributed by atoms with E-state index in [0.29, 0.717) is 6.07 Å². The van der Waals surface area contributed by atoms with Crippen molar-refractivity contribution in [2.45, 2.75) is 26.2 Å². The van der Waals surface area contributed by atoms with Crippen LogP contribution in [0.5, 0.6) is 0 Å². The zero-order valence-electron chi connectivity index (χ0n) is 19.8. The van der Waals surface area contributed by atoms with Crippen LogP contribution in [0.25, 0.3) is 17.3 Å². The topological polar surface area (TPSA) is 84.1 Å². The number of aromatic nitrogens is 1. The molecule has 1 N–H and O–H groups in total. The maximum absolute atomic E-state index is 14.7. The minimum Gasteiger partial charge on any atom is -0.383 e. The van der Waals surface area contributed by atoms with Crippen molar-refractivity contribution >= 4 is 28.9 Å². The van der Waals surface area contributed by atoms with Crippen molar-refractivity contribution in [1.82, 2.24) is 9.88 Å². The lowest BCUT2D eigenvalue weighted by molar-refractivity contribution is -0.115. The van der Waals surface area contributed by atoms with Crippen LogP contribution in [0.1, 0.15) is 31.9 Å². The molecule has 0 atom stereocenters. The van der Waals surface area contributed by atoms with E-state index in [2.05, 4.69) is 26.1 Å². The third-order valence-electron chi connectivity index (χ3n) is 5.19. The summed E-state index contributed by atoms with van der Waals surface area (Å²) in [4.78, 5) is 26.1. The van der Waals surface area contributed by atoms with E-state index in [4.69, 9.17) is 4.74 Å². The fourth-order valence-electron chi connectivity index (χ4n) is 3.31. The van der Waals surface area contributed by atoms with Gasteiger partial charge in [-0.15, -0.1) is 11.3 Å². The van der Waals surface area contributed by atoms with Crippen molar-refractivity contribution in [3.05, 3.63) is 84.8 Å². The molecule has 1 aromatic heterocycles. The van der Waals surface area contributed by atoms with E-state index in [9.17, 15) is 23.6 Å². The number of hydrogen-bond donors (Lipinski definition) is 1. The monoisotopic (exact) mass is 497 g/mol. The number of nitriles is 1. The molecule has 0 saturated carbocycles. The summed E-state index contributed by atoms with van der Waals surface area (Å²) in [7, 11) is 1.46. The zero-order chi connectivity index (χ0) is 25.8. The van der Waals surface area contributed by atoms with Crippen LogP contribution in [-0.4, -0.2) is 30.7 Å². The van der Waals surface area contributed by atoms with E-state index in [-0.39, 0.29) is 39.0 Å². The lowest BCUT2D eigenvalue weighted by Gasteiger charge is -2.18. The molecule has 0 bridgehead atoms. The number of carbonyl (C=O) groups excluding carboxylic acids is 1. The molecule has 35 heavy (non-hydrogen) atoms. The molecular weight excluding hydrogens is 472 g/mol. The second-order valence-electron chi connectivity index (χ2n) is 8.76. The molecule has 6 nitrogen and oxygen atoms in total. The zero-order valence-corrected chi connectivity index (χ0v) is 20.6. The van der Waals surface area contributed by atoms with Gasteiger partial charge in [-0.05, 0) is 34.8 Å². The largest absolute Gasteiger partial charge is 0.383 e. The summed E-state index contributed by atoms with van der Waals surface area (Å²) >= 11 is 0.882. The predicted molar refractivity (Wildman–Crippen MR) is 132 cm³/mol. The second-order valence-corrected chi connectivity index (χ2v) is 9.79. The van der Waals surface area contributed by atoms with E-state index in [1.54, 1.807) is 6.08 Å². The SMILES string of the molecule is COCCNC(=O)/C(C#N)=c1\s/c(=C\c2ccc(C(C)(C)C)cc2)c(=O)n1-c1ccc(F)cc1F. The van der Waals surface area contributed by atoms with Gasteiger partial charge < -0.3 is 10.1 Å². The third-order valence-corrected chi connectivity index (χ3v) is 6.29. The Balaban J connectivity index is 2.28. The highest BCUT2D eigenvalue weighted by molar-refractivity contribution is 7.07. The predicted octanol–water partition coefficient (Wildman–Crippen LogP) is 2.74. The smallest absolute Gasteiger partial charge is 0.273 e. The van der Waals surface area contributed by atoms with Gasteiger partial charge in [0.15, 0.2) is 5.57 Å². The Morgan fingerprint density at radius 1 is 1.20 bits per heavy atom. The summed E-state index contributed by atoms with van der Waals surface area (Å²) < 4.78 is 34.2. The maximum atomic E-state index is 14.7. The van der Waals surface area contributed by atoms with Gasteiger partial charge in [-0.3, -0.25) is 14.2 Å². The molecule has 0 unspecified atom stereocenters. The first kappa shape index (κ1) is 26.0. The molecule has 0 aliphatic carbocycles. The first-order valence-corrected chi connectivity index (χ1v) is 11.6. The summed E-state index contributed by atoms with van der Waals surface area (Å²) in [6, 6.07) is 12.2. The molecule has 0 aliphatic heterocycles. The number of methoxy groups -OCH3 is 1. The molecule has 2 aromatic carbocycles. The number of nitrogens with one attached hydrogen (secondary N) is 1. The molecule has 9 heteroatoms. The van der Waals surface area contributed by atoms with E-state index in [1.165, 1.54) is 7.11 Å². The van der Waals surface area contributed by atoms with Gasteiger partial charge in [-0.1, -0.05) is 45.0 Å². The summed E-state index contributed by atoms with van der Waals surface area (Å²) in [6.07, 6.45) is 1.61. The van der Waals surface area contributed by atoms with E-state index in [1.807, 2.05) is 30.3 Å². The van der Waals surface area contributed by atoms with Gasteiger partial charge in [0.1, 0.15) is 22.4 Å². The van der Waals surface area contributed by atoms with Gasteiger partial charge in [0.05, 0.1) is 16.8 Å². The lowest BCUT2D eigenvalue weighted by Crippen LogP contribution is -2.35. The fourth-order valence-corrected chi connectivity index (χ4v) is 4.41. The summed E-state index contributed by atoms with van der Waals surface area (Å²) in [5, 5.41) is 12.3. The highest BCUT2D eigenvalue weighted by Gasteiger charge is 2.19. The normalized spacial score (nSPS) is 12.9. The number of hydrogen-bond acceptors (Lipinski definition) is 5. The van der Waals surface area contributed by atoms with Gasteiger partial charge >= 0.3 is 0 Å². The van der Waals surface area contributed by atoms with Crippen molar-refractivity contribution in [2.24, 2.45) is 0 Å². The van der Waals surface area contributed by atoms with Gasteiger partial charge in [0, 0.05) is 19.7 Å². The van der Waals surface area contributed by atoms with Gasteiger partial charge in [0.25, 0.3) is 11.5 Å². The average molecular weight is 498 g/mol. The minimum absolute atomic E-state index is 0.0473. The molecule has 1 amide bonds. The Kier molecular flexibility index (Phi) is 7.99. The Morgan fingerprint density at radius 2 is 1.89 bits per heavy atom. The summed E-state index contributed by atoms with van der Waals surface area (Å²) in [6.45, 7) is 6.62. The standard InChI is InChI=1S/C26H25F2N3O3S/c1-26(2,3)17-7-5-16(6-8-17)13-22-24(33)31(21-10-9-18(27)14-20(21)28)25(35-22)19(15-29)23(32)30-11-12-34-4/h5-10,13-14H,11-12H2,1-4H3,(H,30,32)/b22-13-,25-19-. The van der Waals surface area contributed by atoms with Crippen molar-refractivity contribution in [1.29, 1.82) is 5.26 Å². The van der Waals surface area contributed by atoms with Crippen LogP contribution in [0.4, 0.5) is 8.78 Å². The molecule has 182 valence electrons. The number of rotatable bonds is 6. The van der Waals surface area contributed by atoms with Gasteiger partial charge in [0.2, 0.25) is 0 Å². The second kappa shape index (κ2) is 10.8. The number of benzene rings is 2. The molecule has 3 aromatic rings. The Morgan fingerprint density at radius 3 is 2.46 bits per heavy atom. The average Bonchev–Trinajstić information content (AvgIpc) is 3.10. The van der Waals surface area contributed by atoms with Crippen molar-refractivity contribution in [3.63, 3.8) is 0 Å². The molecule has 3 rings (SSSR count). The number of thiazole rings is 1. The highest BCUT2D eigenvalue weighted by atomic mass is 32.1. The number of carbonyl (C=O) groups is 1. The molecule has 1 heterocycles. The van der Waals surface area contributed by atoms with E-state index in [0.717, 1.165) is 39.2 Å². The van der Waals surface area contributed by atoms with Crippen molar-refractivity contribution < 1.29 is 18.3 Å². The maximum Gasteiger partial charge on any atom is 0.273 e. The quantitative estimate of drug-likeness (QED) is 0.531. The van der Waals surface area contributed by atoms with Crippen LogP contribution in [0, 0.1) is 23.0 Å². The fraction of sp³-hybridized carbons (Fsp3) is 0.269. The first-order valence-electron chi connectivity index (χ1n) is 10.8. The van der Waals surface area contributed by atoms with Crippen molar-refractivity contribution in [2.75, 3.05) is 20.3 Å². The van der Waals surface area contributed by atoms with Crippen LogP contribution in [-0.2, 0) is 14.9 Å². The number of halogens is 2. The molecule has 0 radical (unpaired) electrons. The molecule has 0 saturated heterocycles. The molecule has 0 spiro atoms. The van der Waals surface area contributed by atoms with Gasteiger partial charge in [-0.2, -0.15) is 5.26 Å². The number of amides is 1. The highest BCUT2D eigenvalue weighted by Crippen LogP contribution is 2.22. The van der Waals surface area contributed by atoms with Crippen molar-refractivity contribution in [3.8, 4) is 11.8 Å². The van der Waals surface area contributed by atoms with Crippen LogP contribution in [0.2, 0.25) is 0 Å². The van der Waals surface area contributed by atoms with Crippen LogP contribution >= 0.6 is 11.3 Å². The number of nitrogens with zero attached hydrogens (tertiary/aromatic N) is 2. The molecule has 0 aliphatic rings. The first-order chi connectivity index (χ1) is 16.6. The summed E-state index contributed by atoms with van der Waals surface area (Å²) in [5.41, 5.74) is 0.525. The van der Waals surface area contributed by atoms with Crippen LogP contribution in [0.3, 0.4) is 0 Å². The van der Waals surface area contributed by atoms with Crippen LogP contribution < -0.4 is 20.1 Å². The minimum atomic E-state index is -0.996. The third kappa shape index (κ3) is 5.91. The molecule has 0 fully saturated rings.